The highest BCUT2D eigenvalue weighted by atomic mass is 16.5. The Hall–Kier alpha value is -4.40. The lowest BCUT2D eigenvalue weighted by atomic mass is 10.1. The Morgan fingerprint density at radius 1 is 1.00 bits per heavy atom. The van der Waals surface area contributed by atoms with Crippen LogP contribution in [0.1, 0.15) is 32.6 Å². The molecule has 0 spiro atoms. The molecule has 5 aromatic rings. The van der Waals surface area contributed by atoms with Gasteiger partial charge in [-0.15, -0.1) is 0 Å². The molecule has 184 valence electrons. The molecule has 0 amide bonds. The molecule has 0 radical (unpaired) electrons. The van der Waals surface area contributed by atoms with Gasteiger partial charge >= 0.3 is 0 Å². The van der Waals surface area contributed by atoms with Gasteiger partial charge in [-0.05, 0) is 43.7 Å². The summed E-state index contributed by atoms with van der Waals surface area (Å²) in [6, 6.07) is 17.0. The van der Waals surface area contributed by atoms with E-state index in [4.69, 9.17) is 14.0 Å². The number of fused-ring (bicyclic) bond motifs is 1. The van der Waals surface area contributed by atoms with Crippen LogP contribution < -0.4 is 15.0 Å². The van der Waals surface area contributed by atoms with Crippen molar-refractivity contribution >= 4 is 5.52 Å². The van der Waals surface area contributed by atoms with E-state index in [0.717, 1.165) is 35.5 Å². The second-order valence-corrected chi connectivity index (χ2v) is 8.26. The van der Waals surface area contributed by atoms with E-state index in [1.54, 1.807) is 23.0 Å². The van der Waals surface area contributed by atoms with Crippen molar-refractivity contribution in [1.29, 1.82) is 0 Å². The van der Waals surface area contributed by atoms with Gasteiger partial charge in [0.2, 0.25) is 11.7 Å². The molecule has 0 aliphatic carbocycles. The van der Waals surface area contributed by atoms with E-state index in [1.807, 2.05) is 55.5 Å². The molecule has 9 heteroatoms. The number of benzene rings is 2. The summed E-state index contributed by atoms with van der Waals surface area (Å²) >= 11 is 0. The van der Waals surface area contributed by atoms with E-state index in [0.29, 0.717) is 36.1 Å². The quantitative estimate of drug-likeness (QED) is 0.261. The fourth-order valence-electron chi connectivity index (χ4n) is 3.89. The van der Waals surface area contributed by atoms with E-state index in [2.05, 4.69) is 22.2 Å². The lowest BCUT2D eigenvalue weighted by molar-refractivity contribution is 0.310. The standard InChI is InChI=1S/C27H27N5O4/c1-3-5-15-35-24-12-7-6-11-21(24)22-17-23-27(33)31(13-14-32(23)29-22)18-25-28-26(30-36-25)19-9-8-10-20(16-19)34-4-2/h6-14,16-17H,3-5,15,18H2,1-2H3. The normalized spacial score (nSPS) is 11.2. The number of aromatic nitrogens is 5. The molecule has 0 aliphatic rings. The van der Waals surface area contributed by atoms with Crippen LogP contribution in [0.4, 0.5) is 0 Å². The number of rotatable bonds is 10. The maximum Gasteiger partial charge on any atom is 0.277 e. The summed E-state index contributed by atoms with van der Waals surface area (Å²) < 4.78 is 20.0. The van der Waals surface area contributed by atoms with Gasteiger partial charge in [0.05, 0.1) is 18.9 Å². The van der Waals surface area contributed by atoms with Gasteiger partial charge in [-0.1, -0.05) is 42.8 Å². The first kappa shape index (κ1) is 23.3. The molecule has 0 unspecified atom stereocenters. The predicted octanol–water partition coefficient (Wildman–Crippen LogP) is 4.84. The van der Waals surface area contributed by atoms with Crippen molar-refractivity contribution in [3.8, 4) is 34.1 Å². The highest BCUT2D eigenvalue weighted by molar-refractivity contribution is 5.71. The van der Waals surface area contributed by atoms with Crippen LogP contribution in [0.15, 0.2) is 76.3 Å². The van der Waals surface area contributed by atoms with Crippen molar-refractivity contribution in [3.63, 3.8) is 0 Å². The summed E-state index contributed by atoms with van der Waals surface area (Å²) in [7, 11) is 0. The van der Waals surface area contributed by atoms with Crippen molar-refractivity contribution in [2.24, 2.45) is 0 Å². The molecule has 0 fully saturated rings. The molecule has 3 aromatic heterocycles. The molecule has 0 aliphatic heterocycles. The lowest BCUT2D eigenvalue weighted by Crippen LogP contribution is -2.21. The number of unbranched alkanes of at least 4 members (excludes halogenated alkanes) is 1. The van der Waals surface area contributed by atoms with Gasteiger partial charge in [0.1, 0.15) is 23.6 Å². The summed E-state index contributed by atoms with van der Waals surface area (Å²) in [5.74, 6) is 2.25. The van der Waals surface area contributed by atoms with Crippen LogP contribution >= 0.6 is 0 Å². The molecule has 5 rings (SSSR count). The van der Waals surface area contributed by atoms with Crippen LogP contribution in [0.3, 0.4) is 0 Å². The summed E-state index contributed by atoms with van der Waals surface area (Å²) in [4.78, 5) is 17.7. The van der Waals surface area contributed by atoms with Gasteiger partial charge in [-0.3, -0.25) is 4.79 Å². The Bertz CT molecular complexity index is 1530. The van der Waals surface area contributed by atoms with Crippen molar-refractivity contribution in [3.05, 3.63) is 83.2 Å². The fraction of sp³-hybridized carbons (Fsp3) is 0.259. The van der Waals surface area contributed by atoms with E-state index in [-0.39, 0.29) is 12.1 Å². The third kappa shape index (κ3) is 4.86. The average molecular weight is 486 g/mol. The van der Waals surface area contributed by atoms with E-state index < -0.39 is 0 Å². The summed E-state index contributed by atoms with van der Waals surface area (Å²) in [6.07, 6.45) is 5.43. The first-order chi connectivity index (χ1) is 17.7. The topological polar surface area (TPSA) is 96.7 Å². The molecule has 0 atom stereocenters. The van der Waals surface area contributed by atoms with Gasteiger partial charge in [0.15, 0.2) is 0 Å². The SMILES string of the molecule is CCCCOc1ccccc1-c1cc2c(=O)n(Cc3nc(-c4cccc(OCC)c4)no3)ccn2n1. The highest BCUT2D eigenvalue weighted by Crippen LogP contribution is 2.29. The molecule has 0 N–H and O–H groups in total. The largest absolute Gasteiger partial charge is 0.494 e. The van der Waals surface area contributed by atoms with E-state index in [1.165, 1.54) is 4.57 Å². The minimum absolute atomic E-state index is 0.144. The van der Waals surface area contributed by atoms with Gasteiger partial charge in [0, 0.05) is 23.5 Å². The molecule has 0 saturated heterocycles. The zero-order valence-electron chi connectivity index (χ0n) is 20.3. The number of hydrogen-bond acceptors (Lipinski definition) is 7. The van der Waals surface area contributed by atoms with Crippen LogP contribution in [-0.2, 0) is 6.54 Å². The second kappa shape index (κ2) is 10.5. The Labute approximate surface area is 207 Å². The third-order valence-electron chi connectivity index (χ3n) is 5.70. The van der Waals surface area contributed by atoms with E-state index in [9.17, 15) is 4.79 Å². The fourth-order valence-corrected chi connectivity index (χ4v) is 3.89. The van der Waals surface area contributed by atoms with Crippen LogP contribution in [-0.4, -0.2) is 37.5 Å². The number of para-hydroxylation sites is 1. The van der Waals surface area contributed by atoms with Crippen molar-refractivity contribution in [2.75, 3.05) is 13.2 Å². The highest BCUT2D eigenvalue weighted by Gasteiger charge is 2.15. The Morgan fingerprint density at radius 2 is 1.89 bits per heavy atom. The maximum atomic E-state index is 13.2. The molecular weight excluding hydrogens is 458 g/mol. The molecule has 3 heterocycles. The van der Waals surface area contributed by atoms with Gasteiger partial charge in [-0.25, -0.2) is 4.52 Å². The lowest BCUT2D eigenvalue weighted by Gasteiger charge is -2.09. The van der Waals surface area contributed by atoms with E-state index >= 15 is 0 Å². The smallest absolute Gasteiger partial charge is 0.277 e. The molecule has 9 nitrogen and oxygen atoms in total. The van der Waals surface area contributed by atoms with Crippen LogP contribution in [0.5, 0.6) is 11.5 Å². The maximum absolute atomic E-state index is 13.2. The Kier molecular flexibility index (Phi) is 6.79. The first-order valence-corrected chi connectivity index (χ1v) is 12.0. The average Bonchev–Trinajstić information content (AvgIpc) is 3.55. The minimum Gasteiger partial charge on any atom is -0.494 e. The monoisotopic (exact) mass is 485 g/mol. The third-order valence-corrected chi connectivity index (χ3v) is 5.70. The van der Waals surface area contributed by atoms with Crippen molar-refractivity contribution in [1.82, 2.24) is 24.3 Å². The van der Waals surface area contributed by atoms with Gasteiger partial charge in [-0.2, -0.15) is 10.1 Å². The van der Waals surface area contributed by atoms with Crippen molar-refractivity contribution in [2.45, 2.75) is 33.2 Å². The van der Waals surface area contributed by atoms with Crippen LogP contribution in [0.2, 0.25) is 0 Å². The number of hydrogen-bond donors (Lipinski definition) is 0. The summed E-state index contributed by atoms with van der Waals surface area (Å²) in [5.41, 5.74) is 2.53. The summed E-state index contributed by atoms with van der Waals surface area (Å²) in [5, 5.41) is 8.68. The molecule has 0 saturated carbocycles. The van der Waals surface area contributed by atoms with Gasteiger partial charge < -0.3 is 18.6 Å². The predicted molar refractivity (Wildman–Crippen MR) is 135 cm³/mol. The first-order valence-electron chi connectivity index (χ1n) is 12.0. The minimum atomic E-state index is -0.210. The molecule has 0 bridgehead atoms. The Balaban J connectivity index is 1.40. The molecule has 36 heavy (non-hydrogen) atoms. The molecule has 2 aromatic carbocycles. The zero-order chi connectivity index (χ0) is 24.9. The second-order valence-electron chi connectivity index (χ2n) is 8.26. The molecular formula is C27H27N5O4. The van der Waals surface area contributed by atoms with Crippen LogP contribution in [0.25, 0.3) is 28.2 Å². The summed E-state index contributed by atoms with van der Waals surface area (Å²) in [6.45, 7) is 5.40. The van der Waals surface area contributed by atoms with Crippen molar-refractivity contribution < 1.29 is 14.0 Å². The number of nitrogens with zero attached hydrogens (tertiary/aromatic N) is 5. The zero-order valence-corrected chi connectivity index (χ0v) is 20.3. The number of ether oxygens (including phenoxy) is 2. The van der Waals surface area contributed by atoms with Gasteiger partial charge in [0.25, 0.3) is 5.56 Å². The van der Waals surface area contributed by atoms with Crippen LogP contribution in [0, 0.1) is 0 Å². The Morgan fingerprint density at radius 3 is 2.75 bits per heavy atom.